The minimum Gasteiger partial charge on any atom is -0.387 e. The van der Waals surface area contributed by atoms with Gasteiger partial charge in [-0.2, -0.15) is 0 Å². The average molecular weight is 410 g/mol. The van der Waals surface area contributed by atoms with Crippen LogP contribution in [0, 0.1) is 20.8 Å². The van der Waals surface area contributed by atoms with Crippen LogP contribution >= 0.6 is 7.92 Å². The summed E-state index contributed by atoms with van der Waals surface area (Å²) in [6, 6.07) is 33.1. The minimum atomic E-state index is -0.667. The van der Waals surface area contributed by atoms with E-state index in [9.17, 15) is 0 Å². The molecule has 4 aromatic rings. The molecule has 0 bridgehead atoms. The highest BCUT2D eigenvalue weighted by molar-refractivity contribution is 7.80. The summed E-state index contributed by atoms with van der Waals surface area (Å²) in [7, 11) is 1.38. The zero-order valence-corrected chi connectivity index (χ0v) is 19.0. The number of hydrogen-bond donors (Lipinski definition) is 1. The van der Waals surface area contributed by atoms with Crippen molar-refractivity contribution in [2.75, 3.05) is 12.4 Å². The van der Waals surface area contributed by atoms with E-state index < -0.39 is 7.92 Å². The monoisotopic (exact) mass is 409 g/mol. The van der Waals surface area contributed by atoms with E-state index in [1.807, 2.05) is 7.05 Å². The molecule has 4 aromatic carbocycles. The second kappa shape index (κ2) is 8.86. The Kier molecular flexibility index (Phi) is 6.02. The first-order valence-corrected chi connectivity index (χ1v) is 11.7. The van der Waals surface area contributed by atoms with Crippen LogP contribution in [0.4, 0.5) is 5.69 Å². The second-order valence-electron chi connectivity index (χ2n) is 7.73. The summed E-state index contributed by atoms with van der Waals surface area (Å²) < 4.78 is 0. The van der Waals surface area contributed by atoms with Crippen LogP contribution in [0.5, 0.6) is 0 Å². The van der Waals surface area contributed by atoms with Gasteiger partial charge in [-0.05, 0) is 56.0 Å². The molecule has 0 aliphatic heterocycles. The van der Waals surface area contributed by atoms with Crippen LogP contribution < -0.4 is 21.2 Å². The van der Waals surface area contributed by atoms with Crippen LogP contribution in [0.1, 0.15) is 16.7 Å². The zero-order chi connectivity index (χ0) is 21.1. The van der Waals surface area contributed by atoms with E-state index in [0.29, 0.717) is 0 Å². The van der Waals surface area contributed by atoms with Gasteiger partial charge in [-0.1, -0.05) is 96.6 Å². The van der Waals surface area contributed by atoms with Crippen molar-refractivity contribution in [3.63, 3.8) is 0 Å². The molecular weight excluding hydrogens is 381 g/mol. The van der Waals surface area contributed by atoms with Gasteiger partial charge < -0.3 is 5.32 Å². The molecular formula is C28H28NP. The maximum atomic E-state index is 3.57. The van der Waals surface area contributed by atoms with Gasteiger partial charge in [0, 0.05) is 17.9 Å². The summed E-state index contributed by atoms with van der Waals surface area (Å²) in [5.41, 5.74) is 7.81. The summed E-state index contributed by atoms with van der Waals surface area (Å²) in [6.07, 6.45) is 0. The summed E-state index contributed by atoms with van der Waals surface area (Å²) in [6.45, 7) is 6.61. The molecule has 0 saturated carbocycles. The largest absolute Gasteiger partial charge is 0.387 e. The van der Waals surface area contributed by atoms with Gasteiger partial charge in [0.1, 0.15) is 0 Å². The van der Waals surface area contributed by atoms with E-state index >= 15 is 0 Å². The van der Waals surface area contributed by atoms with Crippen molar-refractivity contribution >= 4 is 29.5 Å². The molecule has 0 atom stereocenters. The molecule has 0 spiro atoms. The van der Waals surface area contributed by atoms with E-state index in [1.54, 1.807) is 0 Å². The first-order valence-electron chi connectivity index (χ1n) is 10.4. The van der Waals surface area contributed by atoms with E-state index in [4.69, 9.17) is 0 Å². The van der Waals surface area contributed by atoms with Crippen molar-refractivity contribution in [1.29, 1.82) is 0 Å². The highest BCUT2D eigenvalue weighted by atomic mass is 31.1. The lowest BCUT2D eigenvalue weighted by atomic mass is 9.93. The SMILES string of the molecule is CNc1c(-c2c(C)cc(C)cc2C)cccc1P(c1ccccc1)c1ccccc1. The first-order chi connectivity index (χ1) is 14.6. The van der Waals surface area contributed by atoms with Crippen LogP contribution in [-0.2, 0) is 0 Å². The maximum absolute atomic E-state index is 3.57. The summed E-state index contributed by atoms with van der Waals surface area (Å²) in [5, 5.41) is 7.66. The van der Waals surface area contributed by atoms with Crippen LogP contribution in [0.25, 0.3) is 11.1 Å². The van der Waals surface area contributed by atoms with Gasteiger partial charge >= 0.3 is 0 Å². The number of para-hydroxylation sites is 1. The van der Waals surface area contributed by atoms with Crippen molar-refractivity contribution < 1.29 is 0 Å². The molecule has 2 heteroatoms. The van der Waals surface area contributed by atoms with Gasteiger partial charge in [0.2, 0.25) is 0 Å². The Morgan fingerprint density at radius 2 is 1.17 bits per heavy atom. The molecule has 0 unspecified atom stereocenters. The Morgan fingerprint density at radius 3 is 1.67 bits per heavy atom. The molecule has 4 rings (SSSR count). The molecule has 150 valence electrons. The quantitative estimate of drug-likeness (QED) is 0.394. The first kappa shape index (κ1) is 20.4. The van der Waals surface area contributed by atoms with Crippen molar-refractivity contribution in [2.45, 2.75) is 20.8 Å². The normalized spacial score (nSPS) is 11.0. The second-order valence-corrected chi connectivity index (χ2v) is 9.92. The van der Waals surface area contributed by atoms with Crippen molar-refractivity contribution in [2.24, 2.45) is 0 Å². The topological polar surface area (TPSA) is 12.0 Å². The van der Waals surface area contributed by atoms with Gasteiger partial charge in [0.15, 0.2) is 0 Å². The summed E-state index contributed by atoms with van der Waals surface area (Å²) >= 11 is 0. The fourth-order valence-corrected chi connectivity index (χ4v) is 6.87. The lowest BCUT2D eigenvalue weighted by Gasteiger charge is -2.25. The third kappa shape index (κ3) is 3.91. The molecule has 0 fully saturated rings. The van der Waals surface area contributed by atoms with Crippen LogP contribution in [0.3, 0.4) is 0 Å². The van der Waals surface area contributed by atoms with E-state index in [1.165, 1.54) is 49.4 Å². The molecule has 1 N–H and O–H groups in total. The molecule has 0 saturated heterocycles. The molecule has 0 amide bonds. The predicted molar refractivity (Wildman–Crippen MR) is 134 cm³/mol. The Hall–Kier alpha value is -2.89. The summed E-state index contributed by atoms with van der Waals surface area (Å²) in [5.74, 6) is 0. The summed E-state index contributed by atoms with van der Waals surface area (Å²) in [4.78, 5) is 0. The zero-order valence-electron chi connectivity index (χ0n) is 18.1. The van der Waals surface area contributed by atoms with Gasteiger partial charge in [-0.3, -0.25) is 0 Å². The molecule has 30 heavy (non-hydrogen) atoms. The standard InChI is InChI=1S/C28H28NP/c1-20-18-21(2)27(22(3)19-20)25-16-11-17-26(28(25)29-4)30(23-12-7-5-8-13-23)24-14-9-6-10-15-24/h5-19,29H,1-4H3. The van der Waals surface area contributed by atoms with Gasteiger partial charge in [-0.25, -0.2) is 0 Å². The van der Waals surface area contributed by atoms with Crippen LogP contribution in [-0.4, -0.2) is 7.05 Å². The number of benzene rings is 4. The Morgan fingerprint density at radius 1 is 0.633 bits per heavy atom. The molecule has 0 aromatic heterocycles. The smallest absolute Gasteiger partial charge is 0.0502 e. The fraction of sp³-hybridized carbons (Fsp3) is 0.143. The fourth-order valence-electron chi connectivity index (χ4n) is 4.38. The van der Waals surface area contributed by atoms with Crippen molar-refractivity contribution in [3.8, 4) is 11.1 Å². The molecule has 0 aliphatic rings. The highest BCUT2D eigenvalue weighted by Gasteiger charge is 2.22. The number of rotatable bonds is 5. The maximum Gasteiger partial charge on any atom is 0.0502 e. The number of hydrogen-bond acceptors (Lipinski definition) is 1. The lowest BCUT2D eigenvalue weighted by molar-refractivity contribution is 1.32. The molecule has 1 nitrogen and oxygen atoms in total. The number of nitrogens with one attached hydrogen (secondary N) is 1. The van der Waals surface area contributed by atoms with E-state index in [2.05, 4.69) is 117 Å². The number of anilines is 1. The predicted octanol–water partition coefficient (Wildman–Crippen LogP) is 6.08. The van der Waals surface area contributed by atoms with E-state index in [0.717, 1.165) is 0 Å². The third-order valence-electron chi connectivity index (χ3n) is 5.51. The van der Waals surface area contributed by atoms with E-state index in [-0.39, 0.29) is 0 Å². The van der Waals surface area contributed by atoms with Crippen molar-refractivity contribution in [1.82, 2.24) is 0 Å². The number of aryl methyl sites for hydroxylation is 3. The van der Waals surface area contributed by atoms with Gasteiger partial charge in [0.25, 0.3) is 0 Å². The highest BCUT2D eigenvalue weighted by Crippen LogP contribution is 2.40. The van der Waals surface area contributed by atoms with Crippen molar-refractivity contribution in [3.05, 3.63) is 108 Å². The Labute approximate surface area is 181 Å². The van der Waals surface area contributed by atoms with Gasteiger partial charge in [0.05, 0.1) is 5.69 Å². The van der Waals surface area contributed by atoms with Crippen LogP contribution in [0.2, 0.25) is 0 Å². The molecule has 0 heterocycles. The lowest BCUT2D eigenvalue weighted by Crippen LogP contribution is -2.23. The van der Waals surface area contributed by atoms with Gasteiger partial charge in [-0.15, -0.1) is 0 Å². The average Bonchev–Trinajstić information content (AvgIpc) is 2.75. The molecule has 0 radical (unpaired) electrons. The minimum absolute atomic E-state index is 0.667. The molecule has 0 aliphatic carbocycles. The third-order valence-corrected chi connectivity index (χ3v) is 7.99. The Balaban J connectivity index is 1.97. The Bertz CT molecular complexity index is 1090. The van der Waals surface area contributed by atoms with Crippen LogP contribution in [0.15, 0.2) is 91.0 Å².